The van der Waals surface area contributed by atoms with Gasteiger partial charge in [-0.15, -0.1) is 5.10 Å². The van der Waals surface area contributed by atoms with E-state index < -0.39 is 12.1 Å². The number of alkyl halides is 3. The van der Waals surface area contributed by atoms with Gasteiger partial charge in [0.25, 0.3) is 0 Å². The summed E-state index contributed by atoms with van der Waals surface area (Å²) in [5.41, 5.74) is 2.66. The van der Waals surface area contributed by atoms with E-state index in [0.29, 0.717) is 11.5 Å². The van der Waals surface area contributed by atoms with Gasteiger partial charge >= 0.3 is 12.1 Å². The molecule has 3 aromatic heterocycles. The van der Waals surface area contributed by atoms with E-state index in [1.54, 1.807) is 17.9 Å². The molecule has 0 atom stereocenters. The fraction of sp³-hybridized carbons (Fsp3) is 0.222. The molecule has 0 radical (unpaired) electrons. The van der Waals surface area contributed by atoms with Crippen LogP contribution in [0.1, 0.15) is 0 Å². The molecule has 0 aliphatic carbocycles. The number of aryl methyl sites for hydroxylation is 2. The molecular formula is C18H17F3N8O3. The molecule has 168 valence electrons. The molecule has 14 heteroatoms. The van der Waals surface area contributed by atoms with Gasteiger partial charge in [0.1, 0.15) is 12.2 Å². The second-order valence-corrected chi connectivity index (χ2v) is 6.45. The number of anilines is 1. The zero-order chi connectivity index (χ0) is 23.5. The van der Waals surface area contributed by atoms with Gasteiger partial charge in [-0.25, -0.2) is 9.78 Å². The minimum Gasteiger partial charge on any atom is -0.475 e. The molecule has 4 rings (SSSR count). The fourth-order valence-corrected chi connectivity index (χ4v) is 2.68. The fourth-order valence-electron chi connectivity index (χ4n) is 2.68. The van der Waals surface area contributed by atoms with E-state index in [4.69, 9.17) is 9.90 Å². The molecule has 0 saturated carbocycles. The largest absolute Gasteiger partial charge is 0.490 e. The van der Waals surface area contributed by atoms with Crippen molar-refractivity contribution in [3.63, 3.8) is 0 Å². The standard InChI is InChI=1S/C16H16N8O.C2HF3O2/c1-22-13-6-4-3-5-11(13)18-16(22)12-7-8-24(20-12)10-15(25)19-14-9-17-23(2)21-14;3-2(4,5)1(6)7/h3-9H,10H2,1-2H3,(H,19,21,25);(H,6,7). The maximum Gasteiger partial charge on any atom is 0.490 e. The second kappa shape index (κ2) is 8.87. The molecule has 32 heavy (non-hydrogen) atoms. The Bertz CT molecular complexity index is 1260. The maximum atomic E-state index is 12.1. The molecule has 0 spiro atoms. The first-order chi connectivity index (χ1) is 15.0. The maximum absolute atomic E-state index is 12.1. The van der Waals surface area contributed by atoms with Gasteiger partial charge in [-0.1, -0.05) is 12.1 Å². The molecular weight excluding hydrogens is 433 g/mol. The van der Waals surface area contributed by atoms with Crippen molar-refractivity contribution < 1.29 is 27.9 Å². The number of fused-ring (bicyclic) bond motifs is 1. The lowest BCUT2D eigenvalue weighted by atomic mass is 10.3. The van der Waals surface area contributed by atoms with Crippen LogP contribution in [0.25, 0.3) is 22.6 Å². The van der Waals surface area contributed by atoms with Crippen LogP contribution >= 0.6 is 0 Å². The summed E-state index contributed by atoms with van der Waals surface area (Å²) in [5, 5.41) is 22.2. The number of aliphatic carboxylic acids is 1. The Kier molecular flexibility index (Phi) is 6.22. The quantitative estimate of drug-likeness (QED) is 0.485. The third-order valence-electron chi connectivity index (χ3n) is 4.07. The molecule has 1 aromatic carbocycles. The van der Waals surface area contributed by atoms with Crippen LogP contribution in [-0.2, 0) is 30.2 Å². The Hall–Kier alpha value is -4.23. The van der Waals surface area contributed by atoms with Crippen molar-refractivity contribution in [3.8, 4) is 11.5 Å². The molecule has 0 fully saturated rings. The highest BCUT2D eigenvalue weighted by molar-refractivity contribution is 5.89. The van der Waals surface area contributed by atoms with Crippen LogP contribution in [0, 0.1) is 0 Å². The van der Waals surface area contributed by atoms with E-state index in [-0.39, 0.29) is 12.5 Å². The van der Waals surface area contributed by atoms with E-state index in [2.05, 4.69) is 25.6 Å². The van der Waals surface area contributed by atoms with Crippen molar-refractivity contribution in [2.75, 3.05) is 5.32 Å². The number of nitrogens with one attached hydrogen (secondary N) is 1. The molecule has 2 N–H and O–H groups in total. The van der Waals surface area contributed by atoms with Gasteiger partial charge in [-0.05, 0) is 18.2 Å². The highest BCUT2D eigenvalue weighted by Gasteiger charge is 2.38. The molecule has 0 aliphatic heterocycles. The van der Waals surface area contributed by atoms with Crippen LogP contribution in [0.5, 0.6) is 0 Å². The number of hydrogen-bond acceptors (Lipinski definition) is 6. The molecule has 11 nitrogen and oxygen atoms in total. The molecule has 1 amide bonds. The Morgan fingerprint density at radius 1 is 1.12 bits per heavy atom. The number of rotatable bonds is 4. The minimum absolute atomic E-state index is 0.0838. The van der Waals surface area contributed by atoms with E-state index in [1.165, 1.54) is 11.0 Å². The van der Waals surface area contributed by atoms with Gasteiger partial charge in [-0.2, -0.15) is 28.2 Å². The van der Waals surface area contributed by atoms with E-state index in [9.17, 15) is 18.0 Å². The highest BCUT2D eigenvalue weighted by atomic mass is 19.4. The molecule has 4 aromatic rings. The Morgan fingerprint density at radius 3 is 2.41 bits per heavy atom. The highest BCUT2D eigenvalue weighted by Crippen LogP contribution is 2.22. The number of aromatic nitrogens is 7. The lowest BCUT2D eigenvalue weighted by Gasteiger charge is -2.02. The Labute approximate surface area is 178 Å². The molecule has 0 aliphatic rings. The van der Waals surface area contributed by atoms with Crippen LogP contribution < -0.4 is 5.32 Å². The summed E-state index contributed by atoms with van der Waals surface area (Å²) >= 11 is 0. The summed E-state index contributed by atoms with van der Waals surface area (Å²) < 4.78 is 35.3. The number of amides is 1. The van der Waals surface area contributed by atoms with Crippen molar-refractivity contribution in [1.29, 1.82) is 0 Å². The molecule has 3 heterocycles. The van der Waals surface area contributed by atoms with Crippen molar-refractivity contribution in [3.05, 3.63) is 42.7 Å². The number of carboxylic acids is 1. The number of hydrogen-bond donors (Lipinski definition) is 2. The molecule has 0 bridgehead atoms. The first kappa shape index (κ1) is 22.5. The lowest BCUT2D eigenvalue weighted by Crippen LogP contribution is -2.21. The summed E-state index contributed by atoms with van der Waals surface area (Å²) in [5.74, 6) is -1.81. The van der Waals surface area contributed by atoms with Crippen molar-refractivity contribution in [2.45, 2.75) is 12.7 Å². The van der Waals surface area contributed by atoms with Crippen molar-refractivity contribution in [2.24, 2.45) is 14.1 Å². The molecule has 0 unspecified atom stereocenters. The predicted molar refractivity (Wildman–Crippen MR) is 105 cm³/mol. The number of benzene rings is 1. The summed E-state index contributed by atoms with van der Waals surface area (Å²) in [4.78, 5) is 27.0. The first-order valence-corrected chi connectivity index (χ1v) is 8.96. The van der Waals surface area contributed by atoms with Crippen LogP contribution in [0.4, 0.5) is 19.0 Å². The summed E-state index contributed by atoms with van der Waals surface area (Å²) in [6, 6.07) is 9.75. The van der Waals surface area contributed by atoms with Crippen LogP contribution in [-0.4, -0.2) is 57.5 Å². The van der Waals surface area contributed by atoms with Gasteiger partial charge in [0.2, 0.25) is 5.91 Å². The van der Waals surface area contributed by atoms with Gasteiger partial charge in [0, 0.05) is 20.3 Å². The monoisotopic (exact) mass is 450 g/mol. The van der Waals surface area contributed by atoms with Crippen molar-refractivity contribution in [1.82, 2.24) is 34.3 Å². The predicted octanol–water partition coefficient (Wildman–Crippen LogP) is 1.84. The Balaban J connectivity index is 0.000000360. The third-order valence-corrected chi connectivity index (χ3v) is 4.07. The second-order valence-electron chi connectivity index (χ2n) is 6.45. The average molecular weight is 450 g/mol. The number of carbonyl (C=O) groups is 2. The number of imidazole rings is 1. The summed E-state index contributed by atoms with van der Waals surface area (Å²) in [6.07, 6.45) is -1.84. The van der Waals surface area contributed by atoms with Gasteiger partial charge in [0.05, 0.1) is 17.2 Å². The van der Waals surface area contributed by atoms with E-state index in [1.807, 2.05) is 41.9 Å². The normalized spacial score (nSPS) is 11.2. The number of carbonyl (C=O) groups excluding carboxylic acids is 1. The van der Waals surface area contributed by atoms with Gasteiger partial charge in [-0.3, -0.25) is 9.48 Å². The number of carboxylic acid groups (broad SMARTS) is 1. The Morgan fingerprint density at radius 2 is 1.81 bits per heavy atom. The van der Waals surface area contributed by atoms with Crippen LogP contribution in [0.15, 0.2) is 42.7 Å². The van der Waals surface area contributed by atoms with Crippen LogP contribution in [0.2, 0.25) is 0 Å². The van der Waals surface area contributed by atoms with E-state index >= 15 is 0 Å². The average Bonchev–Trinajstić information content (AvgIpc) is 3.41. The molecule has 0 saturated heterocycles. The lowest BCUT2D eigenvalue weighted by molar-refractivity contribution is -0.192. The third kappa shape index (κ3) is 5.27. The zero-order valence-electron chi connectivity index (χ0n) is 16.8. The van der Waals surface area contributed by atoms with Crippen LogP contribution in [0.3, 0.4) is 0 Å². The number of halogens is 3. The SMILES string of the molecule is Cn1ncc(NC(=O)Cn2ccc(-c3nc4ccccc4n3C)n2)n1.O=C(O)C(F)(F)F. The van der Waals surface area contributed by atoms with Gasteiger partial charge < -0.3 is 15.0 Å². The minimum atomic E-state index is -5.08. The van der Waals surface area contributed by atoms with Gasteiger partial charge in [0.15, 0.2) is 11.6 Å². The zero-order valence-corrected chi connectivity index (χ0v) is 16.8. The first-order valence-electron chi connectivity index (χ1n) is 8.96. The van der Waals surface area contributed by atoms with E-state index in [0.717, 1.165) is 16.9 Å². The summed E-state index contributed by atoms with van der Waals surface area (Å²) in [6.45, 7) is 0.0838. The number of para-hydroxylation sites is 2. The summed E-state index contributed by atoms with van der Waals surface area (Å²) in [7, 11) is 3.64. The van der Waals surface area contributed by atoms with Crippen molar-refractivity contribution >= 4 is 28.7 Å². The smallest absolute Gasteiger partial charge is 0.475 e. The topological polar surface area (TPSA) is 133 Å². The number of nitrogens with zero attached hydrogens (tertiary/aromatic N) is 7.